The first-order valence-corrected chi connectivity index (χ1v) is 6.60. The molecule has 0 saturated carbocycles. The van der Waals surface area contributed by atoms with Gasteiger partial charge in [-0.15, -0.1) is 0 Å². The highest BCUT2D eigenvalue weighted by atomic mass is 16.3. The Balaban J connectivity index is 2.46. The Hall–Kier alpha value is -1.29. The van der Waals surface area contributed by atoms with Crippen molar-refractivity contribution < 1.29 is 5.11 Å². The van der Waals surface area contributed by atoms with Crippen LogP contribution < -0.4 is 0 Å². The lowest BCUT2D eigenvalue weighted by Gasteiger charge is -2.18. The fourth-order valence-electron chi connectivity index (χ4n) is 2.70. The second kappa shape index (κ2) is 4.76. The van der Waals surface area contributed by atoms with Crippen molar-refractivity contribution >= 4 is 0 Å². The van der Waals surface area contributed by atoms with Crippen LogP contribution in [0.15, 0.2) is 11.8 Å². The van der Waals surface area contributed by atoms with Crippen LogP contribution in [-0.4, -0.2) is 33.7 Å². The molecule has 0 amide bonds. The Morgan fingerprint density at radius 2 is 2.17 bits per heavy atom. The maximum atomic E-state index is 10.5. The minimum Gasteiger partial charge on any atom is -0.383 e. The molecular formula is C14H23N3O. The van der Waals surface area contributed by atoms with Crippen molar-refractivity contribution in [3.8, 4) is 0 Å². The predicted octanol–water partition coefficient (Wildman–Crippen LogP) is 2.06. The normalized spacial score (nSPS) is 20.8. The number of aliphatic hydroxyl groups is 1. The maximum absolute atomic E-state index is 10.5. The molecule has 0 radical (unpaired) electrons. The van der Waals surface area contributed by atoms with E-state index in [-0.39, 0.29) is 0 Å². The zero-order valence-electron chi connectivity index (χ0n) is 11.9. The number of rotatable bonds is 3. The van der Waals surface area contributed by atoms with Crippen molar-refractivity contribution in [1.29, 1.82) is 0 Å². The lowest BCUT2D eigenvalue weighted by Crippen LogP contribution is -2.13. The van der Waals surface area contributed by atoms with Gasteiger partial charge in [0.1, 0.15) is 11.9 Å². The topological polar surface area (TPSA) is 41.3 Å². The van der Waals surface area contributed by atoms with Crippen molar-refractivity contribution in [1.82, 2.24) is 14.5 Å². The third kappa shape index (κ3) is 2.05. The monoisotopic (exact) mass is 249 g/mol. The van der Waals surface area contributed by atoms with Gasteiger partial charge in [-0.2, -0.15) is 0 Å². The van der Waals surface area contributed by atoms with Gasteiger partial charge in [0, 0.05) is 39.2 Å². The first kappa shape index (κ1) is 13.1. The van der Waals surface area contributed by atoms with E-state index in [0.717, 1.165) is 35.6 Å². The molecule has 1 atom stereocenters. The molecule has 1 aromatic heterocycles. The van der Waals surface area contributed by atoms with Crippen LogP contribution in [0.5, 0.6) is 0 Å². The number of nitrogens with zero attached hydrogens (tertiary/aromatic N) is 3. The van der Waals surface area contributed by atoms with Crippen LogP contribution in [0.3, 0.4) is 0 Å². The van der Waals surface area contributed by atoms with Gasteiger partial charge in [-0.1, -0.05) is 6.92 Å². The van der Waals surface area contributed by atoms with E-state index >= 15 is 0 Å². The van der Waals surface area contributed by atoms with Crippen LogP contribution in [0.4, 0.5) is 0 Å². The number of aryl methyl sites for hydroxylation is 1. The van der Waals surface area contributed by atoms with Gasteiger partial charge in [-0.05, 0) is 19.4 Å². The molecule has 100 valence electrons. The Morgan fingerprint density at radius 3 is 2.67 bits per heavy atom. The molecule has 0 fully saturated rings. The summed E-state index contributed by atoms with van der Waals surface area (Å²) in [4.78, 5) is 6.66. The number of fused-ring (bicyclic) bond motifs is 1. The Morgan fingerprint density at radius 1 is 1.50 bits per heavy atom. The number of imidazole rings is 1. The third-order valence-corrected chi connectivity index (χ3v) is 3.34. The SMILES string of the molecule is CCc1nc2c(n1C(C)C)C(O)/C(=C/N(C)C)C2. The van der Waals surface area contributed by atoms with Crippen LogP contribution in [0.1, 0.15) is 50.1 Å². The number of aliphatic hydroxyl groups excluding tert-OH is 1. The van der Waals surface area contributed by atoms with Gasteiger partial charge in [0.05, 0.1) is 11.4 Å². The van der Waals surface area contributed by atoms with Crippen molar-refractivity contribution in [2.24, 2.45) is 0 Å². The van der Waals surface area contributed by atoms with Crippen molar-refractivity contribution in [3.63, 3.8) is 0 Å². The highest BCUT2D eigenvalue weighted by molar-refractivity contribution is 5.38. The molecule has 0 spiro atoms. The molecule has 1 aromatic rings. The van der Waals surface area contributed by atoms with E-state index in [4.69, 9.17) is 0 Å². The van der Waals surface area contributed by atoms with Gasteiger partial charge in [0.2, 0.25) is 0 Å². The molecule has 1 unspecified atom stereocenters. The second-order valence-electron chi connectivity index (χ2n) is 5.42. The number of hydrogen-bond donors (Lipinski definition) is 1. The molecule has 4 nitrogen and oxygen atoms in total. The van der Waals surface area contributed by atoms with Gasteiger partial charge >= 0.3 is 0 Å². The zero-order chi connectivity index (χ0) is 13.4. The van der Waals surface area contributed by atoms with Gasteiger partial charge in [0.15, 0.2) is 0 Å². The summed E-state index contributed by atoms with van der Waals surface area (Å²) in [6.07, 6.45) is 3.17. The lowest BCUT2D eigenvalue weighted by atomic mass is 10.2. The molecule has 18 heavy (non-hydrogen) atoms. The summed E-state index contributed by atoms with van der Waals surface area (Å²) in [7, 11) is 3.95. The van der Waals surface area contributed by atoms with Crippen molar-refractivity contribution in [3.05, 3.63) is 29.0 Å². The van der Waals surface area contributed by atoms with Gasteiger partial charge in [-0.25, -0.2) is 4.98 Å². The summed E-state index contributed by atoms with van der Waals surface area (Å²) >= 11 is 0. The van der Waals surface area contributed by atoms with E-state index in [1.165, 1.54) is 0 Å². The summed E-state index contributed by atoms with van der Waals surface area (Å²) in [5, 5.41) is 10.5. The van der Waals surface area contributed by atoms with Gasteiger partial charge < -0.3 is 14.6 Å². The fourth-order valence-corrected chi connectivity index (χ4v) is 2.70. The summed E-state index contributed by atoms with van der Waals surface area (Å²) in [5.74, 6) is 1.08. The maximum Gasteiger partial charge on any atom is 0.119 e. The summed E-state index contributed by atoms with van der Waals surface area (Å²) in [5.41, 5.74) is 3.07. The van der Waals surface area contributed by atoms with E-state index < -0.39 is 6.10 Å². The highest BCUT2D eigenvalue weighted by Gasteiger charge is 2.33. The molecule has 1 heterocycles. The average molecular weight is 249 g/mol. The quantitative estimate of drug-likeness (QED) is 0.891. The molecule has 0 aromatic carbocycles. The predicted molar refractivity (Wildman–Crippen MR) is 72.4 cm³/mol. The molecule has 0 bridgehead atoms. The van der Waals surface area contributed by atoms with Gasteiger partial charge in [0.25, 0.3) is 0 Å². The summed E-state index contributed by atoms with van der Waals surface area (Å²) < 4.78 is 2.19. The molecule has 2 rings (SSSR count). The van der Waals surface area contributed by atoms with E-state index in [1.807, 2.05) is 25.2 Å². The first-order valence-electron chi connectivity index (χ1n) is 6.60. The standard InChI is InChI=1S/C14H23N3O/c1-6-12-15-11-7-10(8-16(4)5)14(18)13(11)17(12)9(2)3/h8-9,14,18H,6-7H2,1-5H3/b10-8+. The van der Waals surface area contributed by atoms with Crippen LogP contribution in [0.2, 0.25) is 0 Å². The summed E-state index contributed by atoms with van der Waals surface area (Å²) in [6, 6.07) is 0.338. The van der Waals surface area contributed by atoms with E-state index in [0.29, 0.717) is 6.04 Å². The van der Waals surface area contributed by atoms with Crippen LogP contribution in [0, 0.1) is 0 Å². The largest absolute Gasteiger partial charge is 0.383 e. The second-order valence-corrected chi connectivity index (χ2v) is 5.42. The van der Waals surface area contributed by atoms with Crippen LogP contribution >= 0.6 is 0 Å². The van der Waals surface area contributed by atoms with Crippen LogP contribution in [-0.2, 0) is 12.8 Å². The highest BCUT2D eigenvalue weighted by Crippen LogP contribution is 2.37. The molecule has 0 saturated heterocycles. The molecule has 1 aliphatic rings. The molecule has 1 N–H and O–H groups in total. The minimum atomic E-state index is -0.502. The van der Waals surface area contributed by atoms with Crippen LogP contribution in [0.25, 0.3) is 0 Å². The molecule has 4 heteroatoms. The lowest BCUT2D eigenvalue weighted by molar-refractivity contribution is 0.206. The van der Waals surface area contributed by atoms with Crippen molar-refractivity contribution in [2.45, 2.75) is 45.8 Å². The summed E-state index contributed by atoms with van der Waals surface area (Å²) in [6.45, 7) is 6.39. The molecule has 1 aliphatic carbocycles. The Kier molecular flexibility index (Phi) is 3.48. The number of aromatic nitrogens is 2. The third-order valence-electron chi connectivity index (χ3n) is 3.34. The zero-order valence-corrected chi connectivity index (χ0v) is 11.9. The van der Waals surface area contributed by atoms with Crippen molar-refractivity contribution in [2.75, 3.05) is 14.1 Å². The molecular weight excluding hydrogens is 226 g/mol. The Labute approximate surface area is 109 Å². The van der Waals surface area contributed by atoms with E-state index in [1.54, 1.807) is 0 Å². The van der Waals surface area contributed by atoms with Gasteiger partial charge in [-0.3, -0.25) is 0 Å². The van der Waals surface area contributed by atoms with E-state index in [9.17, 15) is 5.11 Å². The average Bonchev–Trinajstić information content (AvgIpc) is 2.76. The molecule has 0 aliphatic heterocycles. The van der Waals surface area contributed by atoms with E-state index in [2.05, 4.69) is 30.3 Å². The first-order chi connectivity index (χ1) is 8.45. The smallest absolute Gasteiger partial charge is 0.119 e. The Bertz CT molecular complexity index is 472. The number of hydrogen-bond acceptors (Lipinski definition) is 3. The minimum absolute atomic E-state index is 0.338. The fraction of sp³-hybridized carbons (Fsp3) is 0.643.